The van der Waals surface area contributed by atoms with Crippen LogP contribution in [0, 0.1) is 0 Å². The molecule has 0 bridgehead atoms. The Morgan fingerprint density at radius 2 is 1.79 bits per heavy atom. The molecule has 3 N–H and O–H groups in total. The molecule has 2 aromatic carbocycles. The molecule has 2 aromatic rings. The normalized spacial score (nSPS) is 19.4. The third kappa shape index (κ3) is 6.68. The van der Waals surface area contributed by atoms with Gasteiger partial charge in [0.25, 0.3) is 11.8 Å². The van der Waals surface area contributed by atoms with Crippen LogP contribution in [0.2, 0.25) is 0 Å². The second-order valence-corrected chi connectivity index (χ2v) is 12.1. The molecule has 0 unspecified atom stereocenters. The summed E-state index contributed by atoms with van der Waals surface area (Å²) in [6, 6.07) is 13.8. The second-order valence-electron chi connectivity index (χ2n) is 8.82. The average molecular weight is 585 g/mol. The quantitative estimate of drug-likeness (QED) is 0.274. The number of imide groups is 1. The van der Waals surface area contributed by atoms with E-state index in [1.54, 1.807) is 6.08 Å². The molecule has 202 valence electrons. The van der Waals surface area contributed by atoms with Crippen molar-refractivity contribution in [2.75, 3.05) is 11.9 Å². The summed E-state index contributed by atoms with van der Waals surface area (Å²) in [5.74, 6) is -2.04. The predicted octanol–water partition coefficient (Wildman–Crippen LogP) is 2.64. The molecule has 0 aliphatic carbocycles. The van der Waals surface area contributed by atoms with Crippen molar-refractivity contribution in [2.45, 2.75) is 30.7 Å². The summed E-state index contributed by atoms with van der Waals surface area (Å²) in [6.07, 6.45) is 3.19. The van der Waals surface area contributed by atoms with E-state index in [4.69, 9.17) is 17.4 Å². The first-order chi connectivity index (χ1) is 18.4. The number of carbonyl (C=O) groups excluding carboxylic acids is 4. The van der Waals surface area contributed by atoms with Crippen LogP contribution in [0.5, 0.6) is 0 Å². The Kier molecular flexibility index (Phi) is 8.45. The average Bonchev–Trinajstić information content (AvgIpc) is 3.30. The Balaban J connectivity index is 1.37. The SMILES string of the molecule is CC(/C=C1\SC(=S)N([C@@H]2CC(=O)N(CCC(=O)Nc3ccc(S(N)(=O)=O)cc3)C2=O)C1=O)=C\c1ccccc1. The number of primary sulfonamides is 1. The van der Waals surface area contributed by atoms with Crippen LogP contribution < -0.4 is 10.5 Å². The summed E-state index contributed by atoms with van der Waals surface area (Å²) < 4.78 is 22.9. The number of thioether (sulfide) groups is 1. The fourth-order valence-electron chi connectivity index (χ4n) is 4.08. The minimum atomic E-state index is -3.86. The zero-order chi connectivity index (χ0) is 28.3. The van der Waals surface area contributed by atoms with Gasteiger partial charge in [-0.15, -0.1) is 0 Å². The zero-order valence-electron chi connectivity index (χ0n) is 20.7. The molecule has 39 heavy (non-hydrogen) atoms. The van der Waals surface area contributed by atoms with Gasteiger partial charge in [-0.3, -0.25) is 29.0 Å². The number of carbonyl (C=O) groups is 4. The van der Waals surface area contributed by atoms with Gasteiger partial charge < -0.3 is 5.32 Å². The standard InChI is InChI=1S/C26H24N4O6S3/c1-16(13-17-5-3-2-4-6-17)14-21-25(34)30(26(37)38-21)20-15-23(32)29(24(20)33)12-11-22(31)28-18-7-9-19(10-8-18)39(27,35)36/h2-10,13-14,20H,11-12,15H2,1H3,(H,28,31)(H2,27,35,36)/b16-13+,21-14-/t20-/m1/s1. The fraction of sp³-hybridized carbons (Fsp3) is 0.192. The highest BCUT2D eigenvalue weighted by Gasteiger charge is 2.48. The van der Waals surface area contributed by atoms with Crippen molar-refractivity contribution < 1.29 is 27.6 Å². The molecule has 0 radical (unpaired) electrons. The monoisotopic (exact) mass is 584 g/mol. The number of nitrogens with one attached hydrogen (secondary N) is 1. The Morgan fingerprint density at radius 3 is 2.44 bits per heavy atom. The van der Waals surface area contributed by atoms with Crippen LogP contribution >= 0.6 is 24.0 Å². The molecule has 2 fully saturated rings. The first-order valence-electron chi connectivity index (χ1n) is 11.7. The van der Waals surface area contributed by atoms with Crippen molar-refractivity contribution in [1.29, 1.82) is 0 Å². The van der Waals surface area contributed by atoms with Gasteiger partial charge in [0.1, 0.15) is 10.4 Å². The Bertz CT molecular complexity index is 1520. The lowest BCUT2D eigenvalue weighted by molar-refractivity contribution is -0.141. The molecule has 0 saturated carbocycles. The van der Waals surface area contributed by atoms with Crippen molar-refractivity contribution in [3.8, 4) is 0 Å². The van der Waals surface area contributed by atoms with Gasteiger partial charge in [0.15, 0.2) is 0 Å². The van der Waals surface area contributed by atoms with Crippen LogP contribution in [0.15, 0.2) is 76.0 Å². The molecule has 2 heterocycles. The molecule has 2 saturated heterocycles. The van der Waals surface area contributed by atoms with Crippen LogP contribution in [0.3, 0.4) is 0 Å². The summed E-state index contributed by atoms with van der Waals surface area (Å²) in [5.41, 5.74) is 2.12. The number of allylic oxidation sites excluding steroid dienone is 2. The first kappa shape index (κ1) is 28.4. The van der Waals surface area contributed by atoms with Crippen LogP contribution in [0.1, 0.15) is 25.3 Å². The number of anilines is 1. The molecule has 2 aliphatic heterocycles. The van der Waals surface area contributed by atoms with Gasteiger partial charge in [-0.25, -0.2) is 13.6 Å². The Morgan fingerprint density at radius 1 is 1.13 bits per heavy atom. The Hall–Kier alpha value is -3.65. The lowest BCUT2D eigenvalue weighted by Crippen LogP contribution is -2.44. The number of hydrogen-bond acceptors (Lipinski definition) is 8. The molecule has 4 rings (SSSR count). The van der Waals surface area contributed by atoms with E-state index >= 15 is 0 Å². The molecule has 0 aromatic heterocycles. The smallest absolute Gasteiger partial charge is 0.266 e. The highest BCUT2D eigenvalue weighted by Crippen LogP contribution is 2.36. The van der Waals surface area contributed by atoms with E-state index < -0.39 is 39.7 Å². The lowest BCUT2D eigenvalue weighted by atomic mass is 10.1. The summed E-state index contributed by atoms with van der Waals surface area (Å²) in [5, 5.41) is 7.63. The molecule has 0 spiro atoms. The third-order valence-electron chi connectivity index (χ3n) is 5.94. The van der Waals surface area contributed by atoms with E-state index in [1.165, 1.54) is 29.2 Å². The van der Waals surface area contributed by atoms with Gasteiger partial charge in [-0.1, -0.05) is 60.4 Å². The van der Waals surface area contributed by atoms with E-state index in [0.29, 0.717) is 10.6 Å². The van der Waals surface area contributed by atoms with E-state index in [-0.39, 0.29) is 28.6 Å². The topological polar surface area (TPSA) is 147 Å². The van der Waals surface area contributed by atoms with Crippen molar-refractivity contribution in [2.24, 2.45) is 5.14 Å². The van der Waals surface area contributed by atoms with Gasteiger partial charge in [0.05, 0.1) is 16.2 Å². The summed E-state index contributed by atoms with van der Waals surface area (Å²) in [4.78, 5) is 53.6. The van der Waals surface area contributed by atoms with Crippen LogP contribution in [0.4, 0.5) is 5.69 Å². The maximum atomic E-state index is 13.1. The second kappa shape index (κ2) is 11.6. The largest absolute Gasteiger partial charge is 0.326 e. The number of hydrogen-bond donors (Lipinski definition) is 2. The number of likely N-dealkylation sites (tertiary alicyclic amines) is 1. The van der Waals surface area contributed by atoms with E-state index in [2.05, 4.69) is 5.32 Å². The number of nitrogens with zero attached hydrogens (tertiary/aromatic N) is 2. The molecular formula is C26H24N4O6S3. The van der Waals surface area contributed by atoms with Gasteiger partial charge in [0.2, 0.25) is 21.8 Å². The van der Waals surface area contributed by atoms with E-state index in [0.717, 1.165) is 27.8 Å². The van der Waals surface area contributed by atoms with Crippen molar-refractivity contribution in [3.63, 3.8) is 0 Å². The number of sulfonamides is 1. The van der Waals surface area contributed by atoms with Gasteiger partial charge in [-0.2, -0.15) is 0 Å². The maximum absolute atomic E-state index is 13.1. The van der Waals surface area contributed by atoms with Crippen LogP contribution in [-0.4, -0.2) is 58.8 Å². The minimum Gasteiger partial charge on any atom is -0.326 e. The van der Waals surface area contributed by atoms with Crippen LogP contribution in [-0.2, 0) is 29.2 Å². The fourth-order valence-corrected chi connectivity index (χ4v) is 6.00. The van der Waals surface area contributed by atoms with Crippen molar-refractivity contribution in [3.05, 3.63) is 76.7 Å². The summed E-state index contributed by atoms with van der Waals surface area (Å²) in [6.45, 7) is 1.67. The molecule has 13 heteroatoms. The predicted molar refractivity (Wildman–Crippen MR) is 151 cm³/mol. The highest BCUT2D eigenvalue weighted by atomic mass is 32.2. The summed E-state index contributed by atoms with van der Waals surface area (Å²) in [7, 11) is -3.86. The maximum Gasteiger partial charge on any atom is 0.266 e. The van der Waals surface area contributed by atoms with Gasteiger partial charge >= 0.3 is 0 Å². The molecule has 1 atom stereocenters. The first-order valence-corrected chi connectivity index (χ1v) is 14.5. The van der Waals surface area contributed by atoms with Gasteiger partial charge in [-0.05, 0) is 48.4 Å². The van der Waals surface area contributed by atoms with Crippen LogP contribution in [0.25, 0.3) is 6.08 Å². The Labute approximate surface area is 235 Å². The lowest BCUT2D eigenvalue weighted by Gasteiger charge is -2.21. The third-order valence-corrected chi connectivity index (χ3v) is 8.20. The van der Waals surface area contributed by atoms with E-state index in [1.807, 2.05) is 43.3 Å². The number of benzene rings is 2. The number of rotatable bonds is 8. The van der Waals surface area contributed by atoms with E-state index in [9.17, 15) is 27.6 Å². The van der Waals surface area contributed by atoms with Crippen molar-refractivity contribution >= 4 is 73.7 Å². The number of thiocarbonyl (C=S) groups is 1. The molecule has 10 nitrogen and oxygen atoms in total. The zero-order valence-corrected chi connectivity index (χ0v) is 23.1. The molecule has 4 amide bonds. The molecular weight excluding hydrogens is 561 g/mol. The molecule has 2 aliphatic rings. The van der Waals surface area contributed by atoms with Gasteiger partial charge in [0, 0.05) is 18.7 Å². The number of amides is 4. The minimum absolute atomic E-state index is 0.104. The van der Waals surface area contributed by atoms with Crippen molar-refractivity contribution in [1.82, 2.24) is 9.80 Å². The highest BCUT2D eigenvalue weighted by molar-refractivity contribution is 8.26. The summed E-state index contributed by atoms with van der Waals surface area (Å²) >= 11 is 6.44. The number of nitrogens with two attached hydrogens (primary N) is 1.